The van der Waals surface area contributed by atoms with Gasteiger partial charge in [0.2, 0.25) is 5.91 Å². The summed E-state index contributed by atoms with van der Waals surface area (Å²) < 4.78 is 5.52. The Morgan fingerprint density at radius 1 is 0.927 bits per heavy atom. The van der Waals surface area contributed by atoms with Crippen LogP contribution in [0.4, 0.5) is 10.5 Å². The first-order valence-electron chi connectivity index (χ1n) is 15.0. The second-order valence-electron chi connectivity index (χ2n) is 12.2. The van der Waals surface area contributed by atoms with Gasteiger partial charge in [-0.05, 0) is 71.1 Å². The highest BCUT2D eigenvalue weighted by molar-refractivity contribution is 5.99. The largest absolute Gasteiger partial charge is 0.444 e. The first-order valence-corrected chi connectivity index (χ1v) is 15.0. The second kappa shape index (κ2) is 15.6. The summed E-state index contributed by atoms with van der Waals surface area (Å²) in [5.41, 5.74) is 3.70. The smallest absolute Gasteiger partial charge is 0.408 e. The third kappa shape index (κ3) is 10.5. The zero-order valence-electron chi connectivity index (χ0n) is 26.6. The van der Waals surface area contributed by atoms with Crippen molar-refractivity contribution < 1.29 is 19.1 Å². The molecule has 3 atom stereocenters. The maximum atomic E-state index is 14.5. The van der Waals surface area contributed by atoms with Crippen molar-refractivity contribution in [1.29, 1.82) is 0 Å². The minimum absolute atomic E-state index is 0.174. The molecule has 41 heavy (non-hydrogen) atoms. The normalized spacial score (nSPS) is 13.6. The summed E-state index contributed by atoms with van der Waals surface area (Å²) in [5.74, 6) is -0.744. The molecule has 0 fully saturated rings. The fourth-order valence-electron chi connectivity index (χ4n) is 4.93. The van der Waals surface area contributed by atoms with Crippen LogP contribution in [0.5, 0.6) is 0 Å². The summed E-state index contributed by atoms with van der Waals surface area (Å²) in [5, 5.41) is 5.94. The molecule has 0 aliphatic heterocycles. The first-order chi connectivity index (χ1) is 19.3. The summed E-state index contributed by atoms with van der Waals surface area (Å²) in [7, 11) is 0. The number of nitrogens with one attached hydrogen (secondary N) is 2. The van der Waals surface area contributed by atoms with Gasteiger partial charge >= 0.3 is 6.09 Å². The van der Waals surface area contributed by atoms with E-state index in [2.05, 4.69) is 23.6 Å². The van der Waals surface area contributed by atoms with Crippen molar-refractivity contribution in [1.82, 2.24) is 10.2 Å². The number of benzene rings is 2. The molecular weight excluding hydrogens is 514 g/mol. The van der Waals surface area contributed by atoms with Gasteiger partial charge in [-0.3, -0.25) is 9.59 Å². The van der Waals surface area contributed by atoms with Crippen LogP contribution in [-0.4, -0.2) is 41.0 Å². The van der Waals surface area contributed by atoms with Crippen LogP contribution >= 0.6 is 0 Å². The predicted octanol–water partition coefficient (Wildman–Crippen LogP) is 7.64. The fraction of sp³-hybridized carbons (Fsp3) is 0.559. The predicted molar refractivity (Wildman–Crippen MR) is 167 cm³/mol. The van der Waals surface area contributed by atoms with E-state index in [0.717, 1.165) is 47.9 Å². The first kappa shape index (κ1) is 33.9. The number of rotatable bonds is 13. The quantitative estimate of drug-likeness (QED) is 0.244. The zero-order valence-corrected chi connectivity index (χ0v) is 26.6. The van der Waals surface area contributed by atoms with Gasteiger partial charge in [-0.1, -0.05) is 94.0 Å². The minimum atomic E-state index is -0.880. The number of hydrogen-bond acceptors (Lipinski definition) is 4. The Morgan fingerprint density at radius 3 is 2.12 bits per heavy atom. The molecule has 3 unspecified atom stereocenters. The molecule has 0 heterocycles. The summed E-state index contributed by atoms with van der Waals surface area (Å²) in [6, 6.07) is 11.9. The van der Waals surface area contributed by atoms with Gasteiger partial charge in [-0.25, -0.2) is 4.79 Å². The van der Waals surface area contributed by atoms with Gasteiger partial charge in [0, 0.05) is 12.2 Å². The van der Waals surface area contributed by atoms with E-state index < -0.39 is 23.8 Å². The number of carbonyl (C=O) groups excluding carboxylic acids is 3. The number of ether oxygens (including phenoxy) is 1. The summed E-state index contributed by atoms with van der Waals surface area (Å²) in [6.07, 6.45) is 3.80. The number of amides is 3. The van der Waals surface area contributed by atoms with E-state index in [-0.39, 0.29) is 17.7 Å². The molecule has 2 aromatic carbocycles. The Kier molecular flexibility index (Phi) is 12.9. The standard InChI is InChI=1S/C34H51N3O4/c1-10-12-13-16-19-37(32(39)29(25(5)11-2)36-33(40)41-34(7,8)9)30(27-21-23(3)20-24(4)22-27)31(38)35-28-18-15-14-17-26(28)6/h14-15,17-18,20-22,25,29-30H,10-13,16,19H2,1-9H3,(H,35,38)(H,36,40). The summed E-state index contributed by atoms with van der Waals surface area (Å²) in [4.78, 5) is 43.2. The molecule has 0 aliphatic rings. The van der Waals surface area contributed by atoms with E-state index >= 15 is 0 Å². The van der Waals surface area contributed by atoms with E-state index in [1.807, 2.05) is 71.0 Å². The summed E-state index contributed by atoms with van der Waals surface area (Å²) in [6.45, 7) is 17.8. The van der Waals surface area contributed by atoms with Gasteiger partial charge in [0.25, 0.3) is 5.91 Å². The highest BCUT2D eigenvalue weighted by Crippen LogP contribution is 2.29. The van der Waals surface area contributed by atoms with Crippen molar-refractivity contribution in [2.24, 2.45) is 5.92 Å². The van der Waals surface area contributed by atoms with E-state index in [1.54, 1.807) is 25.7 Å². The molecule has 2 N–H and O–H groups in total. The molecule has 7 nitrogen and oxygen atoms in total. The molecule has 0 radical (unpaired) electrons. The molecule has 0 aliphatic carbocycles. The van der Waals surface area contributed by atoms with Crippen molar-refractivity contribution in [3.8, 4) is 0 Å². The highest BCUT2D eigenvalue weighted by atomic mass is 16.6. The molecule has 0 bridgehead atoms. The van der Waals surface area contributed by atoms with E-state index in [4.69, 9.17) is 4.74 Å². The molecule has 0 spiro atoms. The maximum Gasteiger partial charge on any atom is 0.408 e. The average molecular weight is 566 g/mol. The molecule has 7 heteroatoms. The van der Waals surface area contributed by atoms with Crippen LogP contribution in [0.3, 0.4) is 0 Å². The third-order valence-corrected chi connectivity index (χ3v) is 7.21. The van der Waals surface area contributed by atoms with Crippen molar-refractivity contribution in [2.75, 3.05) is 11.9 Å². The van der Waals surface area contributed by atoms with Gasteiger partial charge in [0.1, 0.15) is 17.7 Å². The molecule has 0 saturated heterocycles. The maximum absolute atomic E-state index is 14.5. The highest BCUT2D eigenvalue weighted by Gasteiger charge is 2.38. The lowest BCUT2D eigenvalue weighted by molar-refractivity contribution is -0.142. The lowest BCUT2D eigenvalue weighted by atomic mass is 9.94. The number of unbranched alkanes of at least 4 members (excludes halogenated alkanes) is 3. The zero-order chi connectivity index (χ0) is 30.7. The monoisotopic (exact) mass is 565 g/mol. The van der Waals surface area contributed by atoms with Crippen LogP contribution < -0.4 is 10.6 Å². The number of nitrogens with zero attached hydrogens (tertiary/aromatic N) is 1. The molecule has 2 rings (SSSR count). The van der Waals surface area contributed by atoms with E-state index in [9.17, 15) is 14.4 Å². The van der Waals surface area contributed by atoms with Crippen molar-refractivity contribution in [3.05, 3.63) is 64.7 Å². The van der Waals surface area contributed by atoms with Gasteiger partial charge in [0.15, 0.2) is 0 Å². The Balaban J connectivity index is 2.61. The van der Waals surface area contributed by atoms with Crippen LogP contribution in [-0.2, 0) is 14.3 Å². The number of carbonyl (C=O) groups is 3. The molecular formula is C34H51N3O4. The van der Waals surface area contributed by atoms with Crippen molar-refractivity contribution in [3.63, 3.8) is 0 Å². The van der Waals surface area contributed by atoms with Crippen LogP contribution in [0.2, 0.25) is 0 Å². The second-order valence-corrected chi connectivity index (χ2v) is 12.2. The Labute approximate surface area is 247 Å². The molecule has 2 aromatic rings. The van der Waals surface area contributed by atoms with Crippen LogP contribution in [0.15, 0.2) is 42.5 Å². The topological polar surface area (TPSA) is 87.7 Å². The van der Waals surface area contributed by atoms with Crippen LogP contribution in [0.1, 0.15) is 102 Å². The number of hydrogen-bond donors (Lipinski definition) is 2. The lowest BCUT2D eigenvalue weighted by Crippen LogP contribution is -2.55. The van der Waals surface area contributed by atoms with Crippen molar-refractivity contribution in [2.45, 2.75) is 112 Å². The summed E-state index contributed by atoms with van der Waals surface area (Å²) >= 11 is 0. The molecule has 3 amide bonds. The number of aryl methyl sites for hydroxylation is 3. The minimum Gasteiger partial charge on any atom is -0.444 e. The lowest BCUT2D eigenvalue weighted by Gasteiger charge is -2.36. The Bertz CT molecular complexity index is 1150. The van der Waals surface area contributed by atoms with Gasteiger partial charge < -0.3 is 20.3 Å². The SMILES string of the molecule is CCCCCCN(C(=O)C(NC(=O)OC(C)(C)C)C(C)CC)C(C(=O)Nc1ccccc1C)c1cc(C)cc(C)c1. The molecule has 0 aromatic heterocycles. The van der Waals surface area contributed by atoms with Gasteiger partial charge in [-0.15, -0.1) is 0 Å². The number of alkyl carbamates (subject to hydrolysis) is 1. The van der Waals surface area contributed by atoms with Crippen LogP contribution in [0.25, 0.3) is 0 Å². The third-order valence-electron chi connectivity index (χ3n) is 7.21. The Morgan fingerprint density at radius 2 is 1.56 bits per heavy atom. The van der Waals surface area contributed by atoms with Crippen molar-refractivity contribution >= 4 is 23.6 Å². The van der Waals surface area contributed by atoms with Crippen LogP contribution in [0, 0.1) is 26.7 Å². The number of anilines is 1. The fourth-order valence-corrected chi connectivity index (χ4v) is 4.93. The van der Waals surface area contributed by atoms with E-state index in [0.29, 0.717) is 18.7 Å². The molecule has 226 valence electrons. The van der Waals surface area contributed by atoms with E-state index in [1.165, 1.54) is 0 Å². The average Bonchev–Trinajstić information content (AvgIpc) is 2.88. The van der Waals surface area contributed by atoms with Gasteiger partial charge in [-0.2, -0.15) is 0 Å². The number of para-hydroxylation sites is 1. The van der Waals surface area contributed by atoms with Gasteiger partial charge in [0.05, 0.1) is 0 Å². The Hall–Kier alpha value is -3.35. The molecule has 0 saturated carbocycles.